The molecule has 6 nitrogen and oxygen atoms in total. The van der Waals surface area contributed by atoms with Crippen LogP contribution in [0.4, 0.5) is 4.79 Å². The average Bonchev–Trinajstić information content (AvgIpc) is 3.03. The monoisotopic (exact) mass is 352 g/mol. The maximum atomic E-state index is 10.8. The lowest BCUT2D eigenvalue weighted by Gasteiger charge is -2.12. The molecular formula is C20H24N4O2. The largest absolute Gasteiger partial charge is 0.350 e. The second-order valence-electron chi connectivity index (χ2n) is 6.36. The van der Waals surface area contributed by atoms with Gasteiger partial charge in [0.15, 0.2) is 0 Å². The van der Waals surface area contributed by atoms with Crippen LogP contribution in [0.15, 0.2) is 54.9 Å². The number of fused-ring (bicyclic) bond motifs is 1. The molecule has 3 aromatic rings. The molecule has 0 aliphatic carbocycles. The number of primary amides is 1. The first-order valence-electron chi connectivity index (χ1n) is 8.91. The van der Waals surface area contributed by atoms with Gasteiger partial charge in [-0.25, -0.2) is 9.86 Å². The molecule has 136 valence electrons. The average molecular weight is 352 g/mol. The first-order chi connectivity index (χ1) is 12.7. The molecule has 2 amide bonds. The van der Waals surface area contributed by atoms with E-state index in [1.807, 2.05) is 12.3 Å². The van der Waals surface area contributed by atoms with E-state index >= 15 is 0 Å². The van der Waals surface area contributed by atoms with Gasteiger partial charge in [-0.3, -0.25) is 10.2 Å². The quantitative estimate of drug-likeness (QED) is 0.365. The second-order valence-corrected chi connectivity index (χ2v) is 6.36. The Morgan fingerprint density at radius 3 is 2.69 bits per heavy atom. The van der Waals surface area contributed by atoms with Gasteiger partial charge in [0.25, 0.3) is 0 Å². The highest BCUT2D eigenvalue weighted by Gasteiger charge is 2.10. The highest BCUT2D eigenvalue weighted by atomic mass is 16.5. The van der Waals surface area contributed by atoms with Crippen molar-refractivity contribution in [2.45, 2.75) is 32.2 Å². The fourth-order valence-electron chi connectivity index (χ4n) is 3.20. The molecule has 2 heterocycles. The molecule has 0 unspecified atom stereocenters. The maximum Gasteiger partial charge on any atom is 0.338 e. The van der Waals surface area contributed by atoms with E-state index in [4.69, 9.17) is 5.73 Å². The molecule has 0 atom stereocenters. The molecule has 3 rings (SSSR count). The molecule has 0 spiro atoms. The molecule has 0 aliphatic rings. The number of para-hydroxylation sites is 1. The number of nitrogens with zero attached hydrogens (tertiary/aromatic N) is 3. The number of rotatable bonds is 8. The first-order valence-corrected chi connectivity index (χ1v) is 8.91. The third kappa shape index (κ3) is 4.21. The molecule has 3 N–H and O–H groups in total. The van der Waals surface area contributed by atoms with Crippen LogP contribution in [0.2, 0.25) is 0 Å². The Labute approximate surface area is 152 Å². The Bertz CT molecular complexity index is 861. The summed E-state index contributed by atoms with van der Waals surface area (Å²) in [5, 5.41) is 11.1. The van der Waals surface area contributed by atoms with Crippen molar-refractivity contribution in [1.29, 1.82) is 0 Å². The number of benzene rings is 1. The van der Waals surface area contributed by atoms with Crippen LogP contribution in [0.5, 0.6) is 0 Å². The number of aryl methyl sites for hydroxylation is 1. The van der Waals surface area contributed by atoms with E-state index < -0.39 is 6.03 Å². The highest BCUT2D eigenvalue weighted by molar-refractivity contribution is 5.86. The fourth-order valence-corrected chi connectivity index (χ4v) is 3.20. The molecule has 1 aromatic carbocycles. The van der Waals surface area contributed by atoms with E-state index in [2.05, 4.69) is 45.9 Å². The van der Waals surface area contributed by atoms with Crippen LogP contribution in [0, 0.1) is 0 Å². The van der Waals surface area contributed by atoms with Gasteiger partial charge in [0, 0.05) is 35.4 Å². The van der Waals surface area contributed by atoms with Crippen LogP contribution < -0.4 is 5.73 Å². The van der Waals surface area contributed by atoms with Crippen LogP contribution in [-0.4, -0.2) is 32.4 Å². The summed E-state index contributed by atoms with van der Waals surface area (Å²) in [6.45, 7) is 1.19. The van der Waals surface area contributed by atoms with Gasteiger partial charge in [0.1, 0.15) is 0 Å². The number of pyridine rings is 1. The van der Waals surface area contributed by atoms with Gasteiger partial charge in [0.05, 0.1) is 12.2 Å². The van der Waals surface area contributed by atoms with Gasteiger partial charge in [-0.1, -0.05) is 31.0 Å². The summed E-state index contributed by atoms with van der Waals surface area (Å²) < 4.78 is 2.34. The Balaban J connectivity index is 1.65. The third-order valence-electron chi connectivity index (χ3n) is 4.52. The van der Waals surface area contributed by atoms with Crippen LogP contribution in [0.1, 0.15) is 25.7 Å². The number of carbonyl (C=O) groups is 1. The summed E-state index contributed by atoms with van der Waals surface area (Å²) in [5.74, 6) is 0. The molecule has 0 saturated carbocycles. The minimum atomic E-state index is -0.801. The van der Waals surface area contributed by atoms with Crippen LogP contribution in [0.25, 0.3) is 22.2 Å². The van der Waals surface area contributed by atoms with Crippen molar-refractivity contribution in [3.05, 3.63) is 54.9 Å². The molecule has 0 aliphatic heterocycles. The number of hydrogen-bond acceptors (Lipinski definition) is 3. The second kappa shape index (κ2) is 8.49. The Kier molecular flexibility index (Phi) is 5.86. The molecular weight excluding hydrogens is 328 g/mol. The lowest BCUT2D eigenvalue weighted by Crippen LogP contribution is -2.33. The molecule has 6 heteroatoms. The van der Waals surface area contributed by atoms with Gasteiger partial charge >= 0.3 is 6.03 Å². The van der Waals surface area contributed by atoms with Crippen molar-refractivity contribution in [2.24, 2.45) is 5.73 Å². The third-order valence-corrected chi connectivity index (χ3v) is 4.52. The molecule has 0 saturated heterocycles. The number of amides is 2. The smallest absolute Gasteiger partial charge is 0.338 e. The predicted octanol–water partition coefficient (Wildman–Crippen LogP) is 4.03. The van der Waals surface area contributed by atoms with Crippen LogP contribution in [-0.2, 0) is 6.54 Å². The molecule has 0 radical (unpaired) electrons. The zero-order valence-electron chi connectivity index (χ0n) is 14.7. The summed E-state index contributed by atoms with van der Waals surface area (Å²) in [6.07, 6.45) is 7.39. The number of urea groups is 1. The van der Waals surface area contributed by atoms with Crippen molar-refractivity contribution in [3.8, 4) is 11.3 Å². The summed E-state index contributed by atoms with van der Waals surface area (Å²) in [4.78, 5) is 15.0. The van der Waals surface area contributed by atoms with Gasteiger partial charge < -0.3 is 10.3 Å². The van der Waals surface area contributed by atoms with Crippen LogP contribution >= 0.6 is 0 Å². The van der Waals surface area contributed by atoms with Crippen molar-refractivity contribution < 1.29 is 10.0 Å². The summed E-state index contributed by atoms with van der Waals surface area (Å²) >= 11 is 0. The number of unbranched alkanes of at least 4 members (excludes halogenated alkanes) is 3. The molecule has 0 fully saturated rings. The predicted molar refractivity (Wildman–Crippen MR) is 102 cm³/mol. The Hall–Kier alpha value is -2.86. The fraction of sp³-hybridized carbons (Fsp3) is 0.300. The van der Waals surface area contributed by atoms with Gasteiger partial charge in [0.2, 0.25) is 0 Å². The number of nitrogens with two attached hydrogens (primary N) is 1. The molecule has 26 heavy (non-hydrogen) atoms. The van der Waals surface area contributed by atoms with Crippen LogP contribution in [0.3, 0.4) is 0 Å². The van der Waals surface area contributed by atoms with E-state index in [9.17, 15) is 10.0 Å². The zero-order valence-corrected chi connectivity index (χ0v) is 14.7. The van der Waals surface area contributed by atoms with E-state index in [-0.39, 0.29) is 6.54 Å². The number of hydrogen-bond donors (Lipinski definition) is 2. The normalized spacial score (nSPS) is 11.0. The standard InChI is InChI=1S/C20H24N4O2/c21-20(25)24(26)13-6-2-1-5-12-23-18-10-4-3-8-16(18)14-19(23)17-9-7-11-22-15-17/h3-4,7-11,14-15,26H,1-2,5-6,12-13H2,(H2,21,25). The van der Waals surface area contributed by atoms with Gasteiger partial charge in [-0.2, -0.15) is 0 Å². The summed E-state index contributed by atoms with van der Waals surface area (Å²) in [5.41, 5.74) is 8.51. The molecule has 2 aromatic heterocycles. The summed E-state index contributed by atoms with van der Waals surface area (Å²) in [6, 6.07) is 13.8. The SMILES string of the molecule is NC(=O)N(O)CCCCCCn1c(-c2cccnc2)cc2ccccc21. The van der Waals surface area contributed by atoms with E-state index in [1.165, 1.54) is 16.6 Å². The highest BCUT2D eigenvalue weighted by Crippen LogP contribution is 2.28. The van der Waals surface area contributed by atoms with Gasteiger partial charge in [-0.05, 0) is 37.1 Å². The number of aromatic nitrogens is 2. The number of carbonyl (C=O) groups excluding carboxylic acids is 1. The van der Waals surface area contributed by atoms with Gasteiger partial charge in [-0.15, -0.1) is 0 Å². The van der Waals surface area contributed by atoms with E-state index in [1.54, 1.807) is 6.20 Å². The first kappa shape index (κ1) is 17.9. The van der Waals surface area contributed by atoms with Crippen molar-refractivity contribution >= 4 is 16.9 Å². The number of hydroxylamine groups is 2. The Morgan fingerprint density at radius 1 is 1.12 bits per heavy atom. The molecule has 0 bridgehead atoms. The maximum absolute atomic E-state index is 10.8. The van der Waals surface area contributed by atoms with Crippen molar-refractivity contribution in [3.63, 3.8) is 0 Å². The van der Waals surface area contributed by atoms with E-state index in [0.717, 1.165) is 37.8 Å². The lowest BCUT2D eigenvalue weighted by molar-refractivity contribution is -0.0403. The minimum Gasteiger partial charge on any atom is -0.350 e. The summed E-state index contributed by atoms with van der Waals surface area (Å²) in [7, 11) is 0. The minimum absolute atomic E-state index is 0.280. The zero-order chi connectivity index (χ0) is 18.4. The Morgan fingerprint density at radius 2 is 1.92 bits per heavy atom. The van der Waals surface area contributed by atoms with E-state index in [0.29, 0.717) is 5.06 Å². The topological polar surface area (TPSA) is 84.4 Å². The van der Waals surface area contributed by atoms with Crippen molar-refractivity contribution in [1.82, 2.24) is 14.6 Å². The van der Waals surface area contributed by atoms with Crippen molar-refractivity contribution in [2.75, 3.05) is 6.54 Å². The lowest BCUT2D eigenvalue weighted by atomic mass is 10.1.